The molecule has 0 heterocycles. The summed E-state index contributed by atoms with van der Waals surface area (Å²) >= 11 is 0. The van der Waals surface area contributed by atoms with Crippen molar-refractivity contribution in [2.24, 2.45) is 0 Å². The molecule has 0 aliphatic carbocycles. The van der Waals surface area contributed by atoms with E-state index in [0.29, 0.717) is 19.6 Å². The van der Waals surface area contributed by atoms with E-state index >= 15 is 0 Å². The zero-order valence-corrected chi connectivity index (χ0v) is 9.03. The Morgan fingerprint density at radius 3 is 2.67 bits per heavy atom. The molecule has 0 aromatic carbocycles. The molecule has 0 spiro atoms. The summed E-state index contributed by atoms with van der Waals surface area (Å²) in [5.41, 5.74) is 0. The first-order chi connectivity index (χ1) is 7.16. The molecule has 88 valence electrons. The number of nitrogens with one attached hydrogen (secondary N) is 1. The van der Waals surface area contributed by atoms with Gasteiger partial charge in [0.1, 0.15) is 0 Å². The molecule has 0 fully saturated rings. The predicted molar refractivity (Wildman–Crippen MR) is 55.2 cm³/mol. The van der Waals surface area contributed by atoms with Gasteiger partial charge in [-0.2, -0.15) is 0 Å². The van der Waals surface area contributed by atoms with Gasteiger partial charge in [-0.05, 0) is 12.8 Å². The van der Waals surface area contributed by atoms with Crippen LogP contribution in [0.4, 0.5) is 0 Å². The van der Waals surface area contributed by atoms with Crippen molar-refractivity contribution in [3.05, 3.63) is 10.1 Å². The van der Waals surface area contributed by atoms with Gasteiger partial charge in [0, 0.05) is 24.7 Å². The fourth-order valence-electron chi connectivity index (χ4n) is 0.924. The predicted octanol–water partition coefficient (Wildman–Crippen LogP) is 0.586. The molecule has 0 aromatic rings. The number of hydrogen-bond donors (Lipinski definition) is 1. The second kappa shape index (κ2) is 9.39. The molecule has 0 saturated carbocycles. The second-order valence-electron chi connectivity index (χ2n) is 3.16. The summed E-state index contributed by atoms with van der Waals surface area (Å²) in [4.78, 5) is 20.1. The zero-order chi connectivity index (χ0) is 11.5. The lowest BCUT2D eigenvalue weighted by atomic mass is 10.3. The van der Waals surface area contributed by atoms with Crippen LogP contribution in [-0.2, 0) is 9.53 Å². The Balaban J connectivity index is 3.16. The van der Waals surface area contributed by atoms with Crippen LogP contribution in [0, 0.1) is 10.1 Å². The number of nitrogens with zero attached hydrogens (tertiary/aromatic N) is 1. The van der Waals surface area contributed by atoms with Gasteiger partial charge < -0.3 is 10.1 Å². The van der Waals surface area contributed by atoms with E-state index < -0.39 is 17.4 Å². The summed E-state index contributed by atoms with van der Waals surface area (Å²) < 4.78 is 5.25. The van der Waals surface area contributed by atoms with Crippen molar-refractivity contribution >= 4 is 5.91 Å². The lowest BCUT2D eigenvalue weighted by Crippen LogP contribution is -2.31. The molecule has 6 nitrogen and oxygen atoms in total. The summed E-state index contributed by atoms with van der Waals surface area (Å²) in [5.74, 6) is -0.548. The highest BCUT2D eigenvalue weighted by molar-refractivity contribution is 5.76. The minimum absolute atomic E-state index is 0.429. The molecular formula is C9H18N2O4. The maximum Gasteiger partial charge on any atom is 0.291 e. The highest BCUT2D eigenvalue weighted by atomic mass is 16.6. The van der Waals surface area contributed by atoms with Crippen molar-refractivity contribution in [1.29, 1.82) is 0 Å². The number of rotatable bonds is 9. The molecule has 0 aromatic heterocycles. The highest BCUT2D eigenvalue weighted by Crippen LogP contribution is 1.88. The van der Waals surface area contributed by atoms with Gasteiger partial charge >= 0.3 is 0 Å². The number of ether oxygens (including phenoxy) is 1. The normalized spacial score (nSPS) is 9.93. The molecule has 1 amide bonds. The second-order valence-corrected chi connectivity index (χ2v) is 3.16. The van der Waals surface area contributed by atoms with E-state index in [0.717, 1.165) is 19.4 Å². The van der Waals surface area contributed by atoms with Gasteiger partial charge in [0.15, 0.2) is 0 Å². The van der Waals surface area contributed by atoms with Gasteiger partial charge in [0.2, 0.25) is 0 Å². The van der Waals surface area contributed by atoms with Crippen LogP contribution in [0.2, 0.25) is 0 Å². The lowest BCUT2D eigenvalue weighted by molar-refractivity contribution is -0.467. The topological polar surface area (TPSA) is 81.5 Å². The lowest BCUT2D eigenvalue weighted by Gasteiger charge is -2.03. The van der Waals surface area contributed by atoms with Crippen molar-refractivity contribution < 1.29 is 14.5 Å². The van der Waals surface area contributed by atoms with Crippen molar-refractivity contribution in [2.75, 3.05) is 26.3 Å². The highest BCUT2D eigenvalue weighted by Gasteiger charge is 2.07. The number of carbonyl (C=O) groups is 1. The van der Waals surface area contributed by atoms with Crippen molar-refractivity contribution in [1.82, 2.24) is 5.32 Å². The molecule has 0 rings (SSSR count). The molecule has 0 unspecified atom stereocenters. The van der Waals surface area contributed by atoms with Crippen molar-refractivity contribution in [2.45, 2.75) is 26.2 Å². The van der Waals surface area contributed by atoms with Gasteiger partial charge in [-0.25, -0.2) is 0 Å². The summed E-state index contributed by atoms with van der Waals surface area (Å²) in [6.45, 7) is 3.18. The van der Waals surface area contributed by atoms with Gasteiger partial charge in [-0.3, -0.25) is 14.9 Å². The fourth-order valence-corrected chi connectivity index (χ4v) is 0.924. The fraction of sp³-hybridized carbons (Fsp3) is 0.889. The van der Waals surface area contributed by atoms with Crippen LogP contribution in [0.1, 0.15) is 26.2 Å². The Bertz CT molecular complexity index is 197. The van der Waals surface area contributed by atoms with Crippen molar-refractivity contribution in [3.63, 3.8) is 0 Å². The van der Waals surface area contributed by atoms with Crippen LogP contribution < -0.4 is 5.32 Å². The summed E-state index contributed by atoms with van der Waals surface area (Å²) in [5, 5.41) is 12.4. The molecular weight excluding hydrogens is 200 g/mol. The third-order valence-corrected chi connectivity index (χ3v) is 1.70. The number of amides is 1. The number of unbranched alkanes of at least 4 members (excludes halogenated alkanes) is 1. The summed E-state index contributed by atoms with van der Waals surface area (Å²) in [6.07, 6.45) is 2.82. The quantitative estimate of drug-likeness (QED) is 0.349. The van der Waals surface area contributed by atoms with E-state index in [1.165, 1.54) is 0 Å². The van der Waals surface area contributed by atoms with Crippen LogP contribution in [0.5, 0.6) is 0 Å². The van der Waals surface area contributed by atoms with E-state index in [9.17, 15) is 14.9 Å². The minimum Gasteiger partial charge on any atom is -0.381 e. The maximum atomic E-state index is 10.8. The first-order valence-corrected chi connectivity index (χ1v) is 5.13. The van der Waals surface area contributed by atoms with Gasteiger partial charge in [-0.15, -0.1) is 0 Å². The van der Waals surface area contributed by atoms with E-state index in [2.05, 4.69) is 12.2 Å². The Morgan fingerprint density at radius 1 is 1.40 bits per heavy atom. The SMILES string of the molecule is CCCCOCCCNC(=O)C[N+](=O)[O-]. The van der Waals surface area contributed by atoms with Crippen molar-refractivity contribution in [3.8, 4) is 0 Å². The molecule has 15 heavy (non-hydrogen) atoms. The third-order valence-electron chi connectivity index (χ3n) is 1.70. The number of nitro groups is 1. The van der Waals surface area contributed by atoms with E-state index in [4.69, 9.17) is 4.74 Å². The smallest absolute Gasteiger partial charge is 0.291 e. The molecule has 0 saturated heterocycles. The first kappa shape index (κ1) is 13.8. The molecule has 0 bridgehead atoms. The molecule has 6 heteroatoms. The number of hydrogen-bond acceptors (Lipinski definition) is 4. The Kier molecular flexibility index (Phi) is 8.66. The van der Waals surface area contributed by atoms with Gasteiger partial charge in [0.05, 0.1) is 0 Å². The average molecular weight is 218 g/mol. The van der Waals surface area contributed by atoms with Crippen LogP contribution in [-0.4, -0.2) is 37.1 Å². The standard InChI is InChI=1S/C9H18N2O4/c1-2-3-6-15-7-4-5-10-9(12)8-11(13)14/h2-8H2,1H3,(H,10,12). The first-order valence-electron chi connectivity index (χ1n) is 5.13. The van der Waals surface area contributed by atoms with E-state index in [1.807, 2.05) is 0 Å². The van der Waals surface area contributed by atoms with E-state index in [1.54, 1.807) is 0 Å². The summed E-state index contributed by atoms with van der Waals surface area (Å²) in [7, 11) is 0. The largest absolute Gasteiger partial charge is 0.381 e. The Morgan fingerprint density at radius 2 is 2.07 bits per heavy atom. The molecule has 0 atom stereocenters. The zero-order valence-electron chi connectivity index (χ0n) is 9.03. The molecule has 0 aliphatic rings. The van der Waals surface area contributed by atoms with Gasteiger partial charge in [-0.1, -0.05) is 13.3 Å². The van der Waals surface area contributed by atoms with Crippen LogP contribution in [0.3, 0.4) is 0 Å². The molecule has 0 radical (unpaired) electrons. The minimum atomic E-state index is -0.656. The van der Waals surface area contributed by atoms with Crippen LogP contribution >= 0.6 is 0 Å². The Hall–Kier alpha value is -1.17. The third kappa shape index (κ3) is 10.8. The van der Waals surface area contributed by atoms with Gasteiger partial charge in [0.25, 0.3) is 12.5 Å². The Labute approximate surface area is 89.1 Å². The average Bonchev–Trinajstić information content (AvgIpc) is 2.15. The molecule has 1 N–H and O–H groups in total. The summed E-state index contributed by atoms with van der Waals surface area (Å²) in [6, 6.07) is 0. The maximum absolute atomic E-state index is 10.8. The number of carbonyl (C=O) groups excluding carboxylic acids is 1. The van der Waals surface area contributed by atoms with Crippen LogP contribution in [0.15, 0.2) is 0 Å². The monoisotopic (exact) mass is 218 g/mol. The van der Waals surface area contributed by atoms with Crippen LogP contribution in [0.25, 0.3) is 0 Å². The van der Waals surface area contributed by atoms with E-state index in [-0.39, 0.29) is 0 Å². The molecule has 0 aliphatic heterocycles.